The van der Waals surface area contributed by atoms with Gasteiger partial charge in [-0.25, -0.2) is 0 Å². The molecular weight excluding hydrogens is 280 g/mol. The number of likely N-dealkylation sites (tertiary alicyclic amines) is 1. The summed E-state index contributed by atoms with van der Waals surface area (Å²) in [5.74, 6) is -0.876. The minimum atomic E-state index is -0.815. The van der Waals surface area contributed by atoms with E-state index in [0.29, 0.717) is 23.7 Å². The van der Waals surface area contributed by atoms with E-state index in [4.69, 9.17) is 16.7 Å². The zero-order valence-electron chi connectivity index (χ0n) is 11.5. The first-order valence-electron chi connectivity index (χ1n) is 6.83. The SMILES string of the molecule is Cn1cc(Cl)cc1C(=O)N1CCCCC1CCC(=O)O. The number of aromatic nitrogens is 1. The molecule has 1 aromatic heterocycles. The first-order chi connectivity index (χ1) is 9.49. The van der Waals surface area contributed by atoms with Gasteiger partial charge in [0, 0.05) is 32.3 Å². The number of carboxylic acids is 1. The van der Waals surface area contributed by atoms with Crippen LogP contribution in [-0.2, 0) is 11.8 Å². The van der Waals surface area contributed by atoms with E-state index in [1.54, 1.807) is 28.8 Å². The highest BCUT2D eigenvalue weighted by molar-refractivity contribution is 6.31. The lowest BCUT2D eigenvalue weighted by Crippen LogP contribution is -2.44. The van der Waals surface area contributed by atoms with Crippen LogP contribution in [0.1, 0.15) is 42.6 Å². The summed E-state index contributed by atoms with van der Waals surface area (Å²) in [5.41, 5.74) is 0.553. The Hall–Kier alpha value is -1.49. The topological polar surface area (TPSA) is 62.5 Å². The van der Waals surface area contributed by atoms with Gasteiger partial charge in [-0.05, 0) is 31.7 Å². The van der Waals surface area contributed by atoms with Crippen LogP contribution < -0.4 is 0 Å². The zero-order valence-corrected chi connectivity index (χ0v) is 12.3. The number of carbonyl (C=O) groups is 2. The van der Waals surface area contributed by atoms with Crippen LogP contribution in [0.4, 0.5) is 0 Å². The third-order valence-corrected chi connectivity index (χ3v) is 3.98. The van der Waals surface area contributed by atoms with E-state index >= 15 is 0 Å². The van der Waals surface area contributed by atoms with Gasteiger partial charge in [0.25, 0.3) is 5.91 Å². The number of nitrogens with zero attached hydrogens (tertiary/aromatic N) is 2. The monoisotopic (exact) mass is 298 g/mol. The number of halogens is 1. The standard InChI is InChI=1S/C14H19ClN2O3/c1-16-9-10(15)8-12(16)14(20)17-7-3-2-4-11(17)5-6-13(18)19/h8-9,11H,2-7H2,1H3,(H,18,19). The fraction of sp³-hybridized carbons (Fsp3) is 0.571. The lowest BCUT2D eigenvalue weighted by Gasteiger charge is -2.35. The van der Waals surface area contributed by atoms with Gasteiger partial charge < -0.3 is 14.6 Å². The lowest BCUT2D eigenvalue weighted by molar-refractivity contribution is -0.137. The molecule has 1 saturated heterocycles. The summed E-state index contributed by atoms with van der Waals surface area (Å²) in [6.07, 6.45) is 5.19. The number of hydrogen-bond acceptors (Lipinski definition) is 2. The molecule has 0 spiro atoms. The van der Waals surface area contributed by atoms with E-state index in [-0.39, 0.29) is 18.4 Å². The molecule has 1 aromatic rings. The number of piperidine rings is 1. The van der Waals surface area contributed by atoms with Gasteiger partial charge in [-0.2, -0.15) is 0 Å². The number of carbonyl (C=O) groups excluding carboxylic acids is 1. The first-order valence-corrected chi connectivity index (χ1v) is 7.21. The van der Waals surface area contributed by atoms with Crippen molar-refractivity contribution in [3.63, 3.8) is 0 Å². The molecule has 0 saturated carbocycles. The highest BCUT2D eigenvalue weighted by Crippen LogP contribution is 2.24. The smallest absolute Gasteiger partial charge is 0.303 e. The van der Waals surface area contributed by atoms with E-state index in [1.807, 2.05) is 0 Å². The average Bonchev–Trinajstić information content (AvgIpc) is 2.75. The van der Waals surface area contributed by atoms with E-state index in [1.165, 1.54) is 0 Å². The van der Waals surface area contributed by atoms with Crippen LogP contribution in [0.2, 0.25) is 5.02 Å². The van der Waals surface area contributed by atoms with Crippen molar-refractivity contribution in [1.29, 1.82) is 0 Å². The molecule has 1 aliphatic heterocycles. The molecule has 1 aliphatic rings. The Bertz CT molecular complexity index is 513. The Kier molecular flexibility index (Phi) is 4.70. The molecular formula is C14H19ClN2O3. The number of amides is 1. The van der Waals surface area contributed by atoms with Gasteiger partial charge >= 0.3 is 5.97 Å². The van der Waals surface area contributed by atoms with E-state index < -0.39 is 5.97 Å². The second kappa shape index (κ2) is 6.31. The van der Waals surface area contributed by atoms with Crippen molar-refractivity contribution in [1.82, 2.24) is 9.47 Å². The molecule has 0 bridgehead atoms. The van der Waals surface area contributed by atoms with E-state index in [0.717, 1.165) is 19.3 Å². The Labute approximate surface area is 123 Å². The van der Waals surface area contributed by atoms with Crippen LogP contribution in [0.3, 0.4) is 0 Å². The number of aliphatic carboxylic acids is 1. The Morgan fingerprint density at radius 3 is 2.80 bits per heavy atom. The molecule has 0 aliphatic carbocycles. The molecule has 20 heavy (non-hydrogen) atoms. The van der Waals surface area contributed by atoms with Crippen molar-refractivity contribution in [2.75, 3.05) is 6.54 Å². The molecule has 0 aromatic carbocycles. The van der Waals surface area contributed by atoms with Crippen molar-refractivity contribution >= 4 is 23.5 Å². The summed E-state index contributed by atoms with van der Waals surface area (Å²) in [7, 11) is 1.79. The van der Waals surface area contributed by atoms with Crippen LogP contribution in [-0.4, -0.2) is 39.0 Å². The maximum Gasteiger partial charge on any atom is 0.303 e. The van der Waals surface area contributed by atoms with E-state index in [9.17, 15) is 9.59 Å². The zero-order chi connectivity index (χ0) is 14.7. The molecule has 2 rings (SSSR count). The summed E-state index contributed by atoms with van der Waals surface area (Å²) < 4.78 is 1.72. The van der Waals surface area contributed by atoms with Crippen LogP contribution in [0.15, 0.2) is 12.3 Å². The fourth-order valence-corrected chi connectivity index (χ4v) is 2.99. The maximum absolute atomic E-state index is 12.6. The van der Waals surface area contributed by atoms with Crippen molar-refractivity contribution in [2.24, 2.45) is 7.05 Å². The van der Waals surface area contributed by atoms with Crippen LogP contribution in [0.5, 0.6) is 0 Å². The van der Waals surface area contributed by atoms with Crippen LogP contribution in [0.25, 0.3) is 0 Å². The van der Waals surface area contributed by atoms with Crippen molar-refractivity contribution in [2.45, 2.75) is 38.1 Å². The predicted octanol–water partition coefficient (Wildman–Crippen LogP) is 2.54. The summed E-state index contributed by atoms with van der Waals surface area (Å²) >= 11 is 5.92. The Morgan fingerprint density at radius 1 is 1.45 bits per heavy atom. The van der Waals surface area contributed by atoms with Gasteiger partial charge in [0.15, 0.2) is 0 Å². The third kappa shape index (κ3) is 3.33. The molecule has 0 radical (unpaired) electrons. The number of hydrogen-bond donors (Lipinski definition) is 1. The maximum atomic E-state index is 12.6. The van der Waals surface area contributed by atoms with Crippen LogP contribution in [0, 0.1) is 0 Å². The summed E-state index contributed by atoms with van der Waals surface area (Å²) in [4.78, 5) is 25.1. The van der Waals surface area contributed by atoms with Crippen molar-refractivity contribution < 1.29 is 14.7 Å². The van der Waals surface area contributed by atoms with Gasteiger partial charge in [0.2, 0.25) is 0 Å². The van der Waals surface area contributed by atoms with Crippen molar-refractivity contribution in [3.8, 4) is 0 Å². The molecule has 1 fully saturated rings. The van der Waals surface area contributed by atoms with Gasteiger partial charge in [-0.3, -0.25) is 9.59 Å². The molecule has 110 valence electrons. The van der Waals surface area contributed by atoms with E-state index in [2.05, 4.69) is 0 Å². The summed E-state index contributed by atoms with van der Waals surface area (Å²) in [6, 6.07) is 1.67. The largest absolute Gasteiger partial charge is 0.481 e. The number of carboxylic acid groups (broad SMARTS) is 1. The molecule has 6 heteroatoms. The van der Waals surface area contributed by atoms with Gasteiger partial charge in [-0.15, -0.1) is 0 Å². The lowest BCUT2D eigenvalue weighted by atomic mass is 9.97. The minimum absolute atomic E-state index is 0.0148. The second-order valence-electron chi connectivity index (χ2n) is 5.24. The quantitative estimate of drug-likeness (QED) is 0.929. The Morgan fingerprint density at radius 2 is 2.20 bits per heavy atom. The molecule has 1 N–H and O–H groups in total. The number of aryl methyl sites for hydroxylation is 1. The molecule has 5 nitrogen and oxygen atoms in total. The molecule has 1 amide bonds. The Balaban J connectivity index is 2.12. The molecule has 1 atom stereocenters. The normalized spacial score (nSPS) is 19.1. The summed E-state index contributed by atoms with van der Waals surface area (Å²) in [5, 5.41) is 9.35. The number of rotatable bonds is 4. The van der Waals surface area contributed by atoms with Gasteiger partial charge in [0.1, 0.15) is 5.69 Å². The van der Waals surface area contributed by atoms with Crippen molar-refractivity contribution in [3.05, 3.63) is 23.0 Å². The molecule has 2 heterocycles. The molecule has 1 unspecified atom stereocenters. The second-order valence-corrected chi connectivity index (χ2v) is 5.67. The summed E-state index contributed by atoms with van der Waals surface area (Å²) in [6.45, 7) is 0.686. The predicted molar refractivity (Wildman–Crippen MR) is 76.0 cm³/mol. The van der Waals surface area contributed by atoms with Gasteiger partial charge in [-0.1, -0.05) is 11.6 Å². The van der Waals surface area contributed by atoms with Gasteiger partial charge in [0.05, 0.1) is 5.02 Å². The third-order valence-electron chi connectivity index (χ3n) is 3.77. The van der Waals surface area contributed by atoms with Crippen LogP contribution >= 0.6 is 11.6 Å². The first kappa shape index (κ1) is 14.9. The minimum Gasteiger partial charge on any atom is -0.481 e. The average molecular weight is 299 g/mol. The highest BCUT2D eigenvalue weighted by Gasteiger charge is 2.29. The highest BCUT2D eigenvalue weighted by atomic mass is 35.5. The fourth-order valence-electron chi connectivity index (χ4n) is 2.74.